The van der Waals surface area contributed by atoms with Gasteiger partial charge in [-0.1, -0.05) is 48.9 Å². The number of hydrogen-bond acceptors (Lipinski definition) is 4. The molecule has 2 aromatic heterocycles. The molecule has 0 amide bonds. The zero-order chi connectivity index (χ0) is 19.5. The number of nitrogens with zero attached hydrogens (tertiary/aromatic N) is 3. The Morgan fingerprint density at radius 3 is 2.64 bits per heavy atom. The first-order valence-electron chi connectivity index (χ1n) is 9.87. The fourth-order valence-corrected chi connectivity index (χ4v) is 4.07. The first-order valence-corrected chi connectivity index (χ1v) is 10.5. The SMILES string of the molecule is Cc1nc2c(N)nc3ccccc3c2n1Cc1cccc(CCCCCS)c1. The molecular weight excluding hydrogens is 364 g/mol. The van der Waals surface area contributed by atoms with Gasteiger partial charge in [0.2, 0.25) is 0 Å². The molecule has 0 aliphatic heterocycles. The van der Waals surface area contributed by atoms with Crippen molar-refractivity contribution in [3.8, 4) is 0 Å². The second-order valence-corrected chi connectivity index (χ2v) is 7.76. The van der Waals surface area contributed by atoms with Crippen molar-refractivity contribution in [2.45, 2.75) is 39.2 Å². The maximum absolute atomic E-state index is 6.21. The van der Waals surface area contributed by atoms with Crippen LogP contribution in [0, 0.1) is 6.92 Å². The van der Waals surface area contributed by atoms with Crippen molar-refractivity contribution in [1.29, 1.82) is 0 Å². The number of benzene rings is 2. The Hall–Kier alpha value is -2.53. The largest absolute Gasteiger partial charge is 0.382 e. The Morgan fingerprint density at radius 2 is 1.79 bits per heavy atom. The molecule has 4 rings (SSSR count). The van der Waals surface area contributed by atoms with Crippen LogP contribution in [0.5, 0.6) is 0 Å². The van der Waals surface area contributed by atoms with Gasteiger partial charge in [0.25, 0.3) is 0 Å². The monoisotopic (exact) mass is 390 g/mol. The predicted octanol–water partition coefficient (Wildman–Crippen LogP) is 5.17. The number of unbranched alkanes of at least 4 members (excludes halogenated alkanes) is 2. The molecule has 0 atom stereocenters. The Morgan fingerprint density at radius 1 is 0.964 bits per heavy atom. The summed E-state index contributed by atoms with van der Waals surface area (Å²) in [7, 11) is 0. The van der Waals surface area contributed by atoms with E-state index in [4.69, 9.17) is 10.7 Å². The molecule has 0 aliphatic carbocycles. The Kier molecular flexibility index (Phi) is 5.53. The van der Waals surface area contributed by atoms with Crippen LogP contribution < -0.4 is 5.73 Å². The summed E-state index contributed by atoms with van der Waals surface area (Å²) >= 11 is 4.30. The molecule has 2 heterocycles. The first-order chi connectivity index (χ1) is 13.7. The van der Waals surface area contributed by atoms with Crippen molar-refractivity contribution in [3.63, 3.8) is 0 Å². The number of anilines is 1. The summed E-state index contributed by atoms with van der Waals surface area (Å²) in [4.78, 5) is 9.24. The Bertz CT molecular complexity index is 1120. The molecule has 5 heteroatoms. The van der Waals surface area contributed by atoms with Crippen molar-refractivity contribution in [2.24, 2.45) is 0 Å². The zero-order valence-electron chi connectivity index (χ0n) is 16.2. The minimum atomic E-state index is 0.494. The number of aryl methyl sites for hydroxylation is 2. The predicted molar refractivity (Wildman–Crippen MR) is 121 cm³/mol. The van der Waals surface area contributed by atoms with Gasteiger partial charge in [0.05, 0.1) is 11.0 Å². The second kappa shape index (κ2) is 8.23. The van der Waals surface area contributed by atoms with Crippen molar-refractivity contribution in [2.75, 3.05) is 11.5 Å². The third kappa shape index (κ3) is 3.72. The fourth-order valence-electron chi connectivity index (χ4n) is 3.85. The summed E-state index contributed by atoms with van der Waals surface area (Å²) in [6, 6.07) is 17.0. The summed E-state index contributed by atoms with van der Waals surface area (Å²) in [5.41, 5.74) is 11.7. The van der Waals surface area contributed by atoms with Crippen LogP contribution in [0.25, 0.3) is 21.9 Å². The number of aromatic nitrogens is 3. The van der Waals surface area contributed by atoms with E-state index in [9.17, 15) is 0 Å². The van der Waals surface area contributed by atoms with E-state index in [0.717, 1.165) is 46.5 Å². The van der Waals surface area contributed by atoms with Gasteiger partial charge in [-0.2, -0.15) is 12.6 Å². The van der Waals surface area contributed by atoms with Gasteiger partial charge in [0, 0.05) is 11.9 Å². The Labute approximate surface area is 171 Å². The van der Waals surface area contributed by atoms with Crippen LogP contribution in [0.1, 0.15) is 36.2 Å². The molecule has 2 aromatic carbocycles. The van der Waals surface area contributed by atoms with Gasteiger partial charge >= 0.3 is 0 Å². The van der Waals surface area contributed by atoms with Crippen LogP contribution in [0.3, 0.4) is 0 Å². The van der Waals surface area contributed by atoms with Crippen molar-refractivity contribution in [1.82, 2.24) is 14.5 Å². The number of nitrogen functional groups attached to an aromatic ring is 1. The van der Waals surface area contributed by atoms with E-state index >= 15 is 0 Å². The normalized spacial score (nSPS) is 11.5. The molecule has 0 bridgehead atoms. The first kappa shape index (κ1) is 18.8. The van der Waals surface area contributed by atoms with Gasteiger partial charge in [-0.15, -0.1) is 0 Å². The number of nitrogens with two attached hydrogens (primary N) is 1. The van der Waals surface area contributed by atoms with Crippen LogP contribution in [0.2, 0.25) is 0 Å². The lowest BCUT2D eigenvalue weighted by Gasteiger charge is -2.11. The number of hydrogen-bond donors (Lipinski definition) is 2. The average molecular weight is 391 g/mol. The maximum Gasteiger partial charge on any atom is 0.152 e. The summed E-state index contributed by atoms with van der Waals surface area (Å²) in [6.07, 6.45) is 4.75. The van der Waals surface area contributed by atoms with Gasteiger partial charge in [0.15, 0.2) is 5.82 Å². The van der Waals surface area contributed by atoms with Crippen LogP contribution in [0.4, 0.5) is 5.82 Å². The molecule has 28 heavy (non-hydrogen) atoms. The smallest absolute Gasteiger partial charge is 0.152 e. The molecule has 2 N–H and O–H groups in total. The molecule has 4 nitrogen and oxygen atoms in total. The number of fused-ring (bicyclic) bond motifs is 3. The topological polar surface area (TPSA) is 56.7 Å². The van der Waals surface area contributed by atoms with Crippen molar-refractivity contribution >= 4 is 40.4 Å². The van der Waals surface area contributed by atoms with Crippen LogP contribution in [-0.2, 0) is 13.0 Å². The van der Waals surface area contributed by atoms with E-state index in [0.29, 0.717) is 5.82 Å². The summed E-state index contributed by atoms with van der Waals surface area (Å²) < 4.78 is 2.26. The highest BCUT2D eigenvalue weighted by atomic mass is 32.1. The van der Waals surface area contributed by atoms with E-state index < -0.39 is 0 Å². The minimum Gasteiger partial charge on any atom is -0.382 e. The second-order valence-electron chi connectivity index (χ2n) is 7.31. The number of para-hydroxylation sites is 1. The number of thiol groups is 1. The average Bonchev–Trinajstić information content (AvgIpc) is 3.03. The fraction of sp³-hybridized carbons (Fsp3) is 0.304. The lowest BCUT2D eigenvalue weighted by molar-refractivity contribution is 0.721. The molecule has 0 saturated heterocycles. The lowest BCUT2D eigenvalue weighted by atomic mass is 10.0. The number of imidazole rings is 1. The Balaban J connectivity index is 1.70. The molecule has 0 radical (unpaired) electrons. The highest BCUT2D eigenvalue weighted by Crippen LogP contribution is 2.29. The highest BCUT2D eigenvalue weighted by molar-refractivity contribution is 7.80. The van der Waals surface area contributed by atoms with Gasteiger partial charge in [0.1, 0.15) is 11.3 Å². The quantitative estimate of drug-likeness (QED) is 0.338. The zero-order valence-corrected chi connectivity index (χ0v) is 17.1. The molecule has 4 aromatic rings. The number of rotatable bonds is 7. The molecule has 0 fully saturated rings. The van der Waals surface area contributed by atoms with E-state index in [1.165, 1.54) is 30.4 Å². The van der Waals surface area contributed by atoms with Gasteiger partial charge in [-0.25, -0.2) is 9.97 Å². The summed E-state index contributed by atoms with van der Waals surface area (Å²) in [5, 5.41) is 1.09. The van der Waals surface area contributed by atoms with Gasteiger partial charge in [-0.3, -0.25) is 0 Å². The molecule has 0 saturated carbocycles. The van der Waals surface area contributed by atoms with Gasteiger partial charge in [-0.05, 0) is 49.1 Å². The highest BCUT2D eigenvalue weighted by Gasteiger charge is 2.15. The molecule has 0 spiro atoms. The van der Waals surface area contributed by atoms with Crippen molar-refractivity contribution in [3.05, 3.63) is 65.5 Å². The molecule has 0 aliphatic rings. The van der Waals surface area contributed by atoms with Crippen molar-refractivity contribution < 1.29 is 0 Å². The van der Waals surface area contributed by atoms with E-state index in [-0.39, 0.29) is 0 Å². The minimum absolute atomic E-state index is 0.494. The molecule has 144 valence electrons. The number of pyridine rings is 1. The van der Waals surface area contributed by atoms with E-state index in [1.807, 2.05) is 25.1 Å². The van der Waals surface area contributed by atoms with Crippen LogP contribution >= 0.6 is 12.6 Å². The summed E-state index contributed by atoms with van der Waals surface area (Å²) in [5.74, 6) is 2.42. The molecular formula is C23H26N4S. The third-order valence-corrected chi connectivity index (χ3v) is 5.57. The van der Waals surface area contributed by atoms with E-state index in [1.54, 1.807) is 0 Å². The standard InChI is InChI=1S/C23H26N4S/c1-16-25-21-22(19-11-4-5-12-20(19)26-23(21)24)27(16)15-18-10-7-9-17(14-18)8-3-2-6-13-28/h4-5,7,9-12,14,28H,2-3,6,8,13,15H2,1H3,(H2,24,26). The summed E-state index contributed by atoms with van der Waals surface area (Å²) in [6.45, 7) is 2.82. The molecule has 0 unspecified atom stereocenters. The lowest BCUT2D eigenvalue weighted by Crippen LogP contribution is -2.03. The third-order valence-electron chi connectivity index (χ3n) is 5.26. The van der Waals surface area contributed by atoms with Crippen LogP contribution in [-0.4, -0.2) is 20.3 Å². The maximum atomic E-state index is 6.21. The van der Waals surface area contributed by atoms with E-state index in [2.05, 4.69) is 52.5 Å². The van der Waals surface area contributed by atoms with Gasteiger partial charge < -0.3 is 10.3 Å². The van der Waals surface area contributed by atoms with Crippen LogP contribution in [0.15, 0.2) is 48.5 Å².